The maximum atomic E-state index is 12.7. The standard InChI is InChI=1S/C20H21N3O2/c24-15-22-18-8-4-5-9-19(18)23(20(22)25)17-10-12-21(13-11-17)14-16-6-2-1-3-7-16/h1-10,24H,11-15H2. The lowest BCUT2D eigenvalue weighted by Crippen LogP contribution is -2.31. The molecule has 0 radical (unpaired) electrons. The molecular formula is C20H21N3O2. The third-order valence-corrected chi connectivity index (χ3v) is 4.78. The maximum absolute atomic E-state index is 12.7. The second kappa shape index (κ2) is 6.70. The monoisotopic (exact) mass is 335 g/mol. The van der Waals surface area contributed by atoms with Crippen molar-refractivity contribution in [3.05, 3.63) is 76.7 Å². The first-order chi connectivity index (χ1) is 12.3. The van der Waals surface area contributed by atoms with E-state index in [1.807, 2.05) is 30.3 Å². The van der Waals surface area contributed by atoms with Gasteiger partial charge in [-0.1, -0.05) is 48.5 Å². The van der Waals surface area contributed by atoms with E-state index in [0.29, 0.717) is 0 Å². The Morgan fingerprint density at radius 2 is 1.68 bits per heavy atom. The number of aromatic nitrogens is 2. The number of aliphatic hydroxyl groups is 1. The second-order valence-corrected chi connectivity index (χ2v) is 6.34. The Labute approximate surface area is 146 Å². The molecule has 0 unspecified atom stereocenters. The lowest BCUT2D eigenvalue weighted by Gasteiger charge is -2.26. The molecule has 0 fully saturated rings. The largest absolute Gasteiger partial charge is 0.376 e. The lowest BCUT2D eigenvalue weighted by molar-refractivity contribution is 0.210. The molecule has 5 heteroatoms. The predicted molar refractivity (Wildman–Crippen MR) is 99.0 cm³/mol. The van der Waals surface area contributed by atoms with E-state index in [-0.39, 0.29) is 12.4 Å². The molecule has 1 aliphatic heterocycles. The smallest absolute Gasteiger partial charge is 0.335 e. The summed E-state index contributed by atoms with van der Waals surface area (Å²) in [4.78, 5) is 15.1. The Balaban J connectivity index is 1.63. The second-order valence-electron chi connectivity index (χ2n) is 6.34. The van der Waals surface area contributed by atoms with E-state index in [1.54, 1.807) is 4.57 Å². The Morgan fingerprint density at radius 3 is 2.36 bits per heavy atom. The molecule has 0 saturated carbocycles. The van der Waals surface area contributed by atoms with Crippen molar-refractivity contribution in [2.24, 2.45) is 0 Å². The molecule has 25 heavy (non-hydrogen) atoms. The first-order valence-corrected chi connectivity index (χ1v) is 8.55. The number of fused-ring (bicyclic) bond motifs is 1. The van der Waals surface area contributed by atoms with Crippen LogP contribution in [0.1, 0.15) is 12.0 Å². The molecule has 0 spiro atoms. The fraction of sp³-hybridized carbons (Fsp3) is 0.250. The Morgan fingerprint density at radius 1 is 0.960 bits per heavy atom. The van der Waals surface area contributed by atoms with Crippen LogP contribution in [0.15, 0.2) is 65.5 Å². The van der Waals surface area contributed by atoms with Gasteiger partial charge in [0.25, 0.3) is 0 Å². The van der Waals surface area contributed by atoms with Crippen molar-refractivity contribution < 1.29 is 5.11 Å². The van der Waals surface area contributed by atoms with Gasteiger partial charge in [0.1, 0.15) is 6.73 Å². The minimum absolute atomic E-state index is 0.175. The fourth-order valence-corrected chi connectivity index (χ4v) is 3.51. The van der Waals surface area contributed by atoms with Crippen LogP contribution in [0.5, 0.6) is 0 Å². The maximum Gasteiger partial charge on any atom is 0.335 e. The van der Waals surface area contributed by atoms with Gasteiger partial charge in [-0.25, -0.2) is 4.79 Å². The summed E-state index contributed by atoms with van der Waals surface area (Å²) in [7, 11) is 0. The van der Waals surface area contributed by atoms with E-state index in [9.17, 15) is 9.90 Å². The highest BCUT2D eigenvalue weighted by atomic mass is 16.3. The minimum atomic E-state index is -0.306. The Hall–Kier alpha value is -2.63. The summed E-state index contributed by atoms with van der Waals surface area (Å²) in [5, 5.41) is 9.56. The predicted octanol–water partition coefficient (Wildman–Crippen LogP) is 2.50. The summed E-state index contributed by atoms with van der Waals surface area (Å²) >= 11 is 0. The van der Waals surface area contributed by atoms with Crippen molar-refractivity contribution in [2.45, 2.75) is 19.7 Å². The van der Waals surface area contributed by atoms with Gasteiger partial charge in [0.15, 0.2) is 0 Å². The molecule has 2 aromatic carbocycles. The van der Waals surface area contributed by atoms with Crippen LogP contribution < -0.4 is 5.69 Å². The van der Waals surface area contributed by atoms with Gasteiger partial charge < -0.3 is 5.11 Å². The van der Waals surface area contributed by atoms with Crippen molar-refractivity contribution >= 4 is 16.7 Å². The van der Waals surface area contributed by atoms with Gasteiger partial charge in [-0.15, -0.1) is 0 Å². The summed E-state index contributed by atoms with van der Waals surface area (Å²) in [5.74, 6) is 0. The number of imidazole rings is 1. The van der Waals surface area contributed by atoms with Crippen LogP contribution in [-0.2, 0) is 13.3 Å². The molecule has 0 aliphatic carbocycles. The van der Waals surface area contributed by atoms with E-state index in [4.69, 9.17) is 0 Å². The summed E-state index contributed by atoms with van der Waals surface area (Å²) in [6, 6.07) is 18.0. The quantitative estimate of drug-likeness (QED) is 0.797. The number of hydrogen-bond donors (Lipinski definition) is 1. The average molecular weight is 335 g/mol. The first kappa shape index (κ1) is 15.9. The molecule has 128 valence electrons. The average Bonchev–Trinajstić information content (AvgIpc) is 2.94. The number of para-hydroxylation sites is 2. The zero-order valence-electron chi connectivity index (χ0n) is 14.0. The van der Waals surface area contributed by atoms with Gasteiger partial charge in [-0.05, 0) is 17.7 Å². The zero-order valence-corrected chi connectivity index (χ0v) is 14.0. The summed E-state index contributed by atoms with van der Waals surface area (Å²) in [6.07, 6.45) is 2.94. The molecule has 2 heterocycles. The van der Waals surface area contributed by atoms with Gasteiger partial charge in [0, 0.05) is 31.8 Å². The van der Waals surface area contributed by atoms with E-state index in [1.165, 1.54) is 10.1 Å². The van der Waals surface area contributed by atoms with Crippen molar-refractivity contribution in [1.29, 1.82) is 0 Å². The van der Waals surface area contributed by atoms with Crippen molar-refractivity contribution in [1.82, 2.24) is 14.0 Å². The highest BCUT2D eigenvalue weighted by Gasteiger charge is 2.19. The summed E-state index contributed by atoms with van der Waals surface area (Å²) < 4.78 is 3.15. The third-order valence-electron chi connectivity index (χ3n) is 4.78. The van der Waals surface area contributed by atoms with Crippen LogP contribution in [0.25, 0.3) is 16.7 Å². The third kappa shape index (κ3) is 2.92. The molecule has 5 nitrogen and oxygen atoms in total. The molecule has 0 amide bonds. The molecular weight excluding hydrogens is 314 g/mol. The first-order valence-electron chi connectivity index (χ1n) is 8.55. The van der Waals surface area contributed by atoms with E-state index < -0.39 is 0 Å². The fourth-order valence-electron chi connectivity index (χ4n) is 3.51. The zero-order chi connectivity index (χ0) is 17.2. The minimum Gasteiger partial charge on any atom is -0.376 e. The number of nitrogens with zero attached hydrogens (tertiary/aromatic N) is 3. The number of rotatable bonds is 4. The molecule has 1 N–H and O–H groups in total. The van der Waals surface area contributed by atoms with E-state index in [2.05, 4.69) is 35.2 Å². The molecule has 4 rings (SSSR count). The van der Waals surface area contributed by atoms with Crippen molar-refractivity contribution in [2.75, 3.05) is 13.1 Å². The van der Waals surface area contributed by atoms with Crippen LogP contribution >= 0.6 is 0 Å². The SMILES string of the molecule is O=c1n(CO)c2ccccc2n1C1=CCN(Cc2ccccc2)CC1. The lowest BCUT2D eigenvalue weighted by atomic mass is 10.1. The van der Waals surface area contributed by atoms with Crippen molar-refractivity contribution in [3.63, 3.8) is 0 Å². The summed E-state index contributed by atoms with van der Waals surface area (Å²) in [5.41, 5.74) is 3.75. The van der Waals surface area contributed by atoms with Gasteiger partial charge >= 0.3 is 5.69 Å². The van der Waals surface area contributed by atoms with Gasteiger partial charge in [-0.2, -0.15) is 0 Å². The topological polar surface area (TPSA) is 50.4 Å². The van der Waals surface area contributed by atoms with Gasteiger partial charge in [-0.3, -0.25) is 14.0 Å². The van der Waals surface area contributed by atoms with Crippen molar-refractivity contribution in [3.8, 4) is 0 Å². The van der Waals surface area contributed by atoms with Crippen LogP contribution in [0, 0.1) is 0 Å². The summed E-state index contributed by atoms with van der Waals surface area (Å²) in [6.45, 7) is 2.33. The van der Waals surface area contributed by atoms with E-state index in [0.717, 1.165) is 42.8 Å². The Kier molecular flexibility index (Phi) is 4.26. The van der Waals surface area contributed by atoms with E-state index >= 15 is 0 Å². The number of aliphatic hydroxyl groups excluding tert-OH is 1. The van der Waals surface area contributed by atoms with Gasteiger partial charge in [0.05, 0.1) is 11.0 Å². The van der Waals surface area contributed by atoms with Crippen LogP contribution in [0.3, 0.4) is 0 Å². The highest BCUT2D eigenvalue weighted by Crippen LogP contribution is 2.22. The molecule has 1 aromatic heterocycles. The van der Waals surface area contributed by atoms with Gasteiger partial charge in [0.2, 0.25) is 0 Å². The number of hydrogen-bond acceptors (Lipinski definition) is 3. The normalized spacial score (nSPS) is 15.5. The van der Waals surface area contributed by atoms with Crippen LogP contribution in [0.4, 0.5) is 0 Å². The highest BCUT2D eigenvalue weighted by molar-refractivity contribution is 5.80. The molecule has 3 aromatic rings. The molecule has 0 saturated heterocycles. The molecule has 0 atom stereocenters. The molecule has 1 aliphatic rings. The van der Waals surface area contributed by atoms with Crippen LogP contribution in [0.2, 0.25) is 0 Å². The van der Waals surface area contributed by atoms with Crippen LogP contribution in [-0.4, -0.2) is 32.2 Å². The molecule has 0 bridgehead atoms. The number of benzene rings is 2. The Bertz CT molecular complexity index is 970.